The molecule has 2 atom stereocenters. The molecular weight excluding hydrogens is 314 g/mol. The molecule has 0 aliphatic carbocycles. The van der Waals surface area contributed by atoms with Gasteiger partial charge in [0.2, 0.25) is 0 Å². The maximum absolute atomic E-state index is 13.7. The molecule has 0 saturated heterocycles. The molecule has 0 radical (unpaired) electrons. The van der Waals surface area contributed by atoms with E-state index in [0.29, 0.717) is 5.33 Å². The number of alkyl halides is 1. The Morgan fingerprint density at radius 3 is 2.44 bits per heavy atom. The molecule has 1 aromatic rings. The fraction of sp³-hybridized carbons (Fsp3) is 0.364. The Labute approximate surface area is 110 Å². The first kappa shape index (κ1) is 15.0. The van der Waals surface area contributed by atoms with Crippen LogP contribution in [0.25, 0.3) is 0 Å². The van der Waals surface area contributed by atoms with Gasteiger partial charge in [-0.25, -0.2) is 13.6 Å². The second-order valence-corrected chi connectivity index (χ2v) is 4.41. The summed E-state index contributed by atoms with van der Waals surface area (Å²) in [6.07, 6.45) is -2.74. The van der Waals surface area contributed by atoms with Gasteiger partial charge in [-0.05, 0) is 12.5 Å². The molecule has 2 unspecified atom stereocenters. The smallest absolute Gasteiger partial charge is 0.341 e. The van der Waals surface area contributed by atoms with Crippen molar-refractivity contribution in [1.29, 1.82) is 0 Å². The van der Waals surface area contributed by atoms with Crippen LogP contribution in [0.5, 0.6) is 0 Å². The third-order valence-electron chi connectivity index (χ3n) is 2.42. The summed E-state index contributed by atoms with van der Waals surface area (Å²) >= 11 is 3.04. The van der Waals surface area contributed by atoms with Crippen LogP contribution in [0.2, 0.25) is 0 Å². The molecule has 0 heterocycles. The summed E-state index contributed by atoms with van der Waals surface area (Å²) < 4.78 is 26.9. The molecule has 0 fully saturated rings. The molecule has 3 N–H and O–H groups in total. The minimum atomic E-state index is -1.77. The number of hydrogen-bond acceptors (Lipinski definition) is 3. The zero-order chi connectivity index (χ0) is 13.9. The fourth-order valence-electron chi connectivity index (χ4n) is 1.47. The fourth-order valence-corrected chi connectivity index (χ4v) is 1.94. The predicted molar refractivity (Wildman–Crippen MR) is 62.7 cm³/mol. The van der Waals surface area contributed by atoms with Crippen LogP contribution in [0.3, 0.4) is 0 Å². The Hall–Kier alpha value is -1.05. The van der Waals surface area contributed by atoms with Crippen LogP contribution in [0, 0.1) is 11.6 Å². The Balaban J connectivity index is 3.18. The van der Waals surface area contributed by atoms with E-state index in [4.69, 9.17) is 5.11 Å². The van der Waals surface area contributed by atoms with Gasteiger partial charge in [0.25, 0.3) is 0 Å². The SMILES string of the molecule is O=C(O)c1c(F)ccc(C(O)C(O)CCBr)c1F. The molecule has 0 aliphatic rings. The zero-order valence-electron chi connectivity index (χ0n) is 9.11. The Bertz CT molecular complexity index is 453. The van der Waals surface area contributed by atoms with Crippen LogP contribution in [-0.2, 0) is 0 Å². The van der Waals surface area contributed by atoms with Crippen molar-refractivity contribution in [2.45, 2.75) is 18.6 Å². The van der Waals surface area contributed by atoms with Gasteiger partial charge in [-0.15, -0.1) is 0 Å². The molecule has 0 aliphatic heterocycles. The van der Waals surface area contributed by atoms with Gasteiger partial charge in [0, 0.05) is 10.9 Å². The van der Waals surface area contributed by atoms with Crippen molar-refractivity contribution >= 4 is 21.9 Å². The van der Waals surface area contributed by atoms with Crippen molar-refractivity contribution in [3.05, 3.63) is 34.9 Å². The Kier molecular flexibility index (Phi) is 5.18. The number of carboxylic acid groups (broad SMARTS) is 1. The van der Waals surface area contributed by atoms with Crippen molar-refractivity contribution in [1.82, 2.24) is 0 Å². The number of aromatic carboxylic acids is 1. The van der Waals surface area contributed by atoms with Crippen LogP contribution in [0.1, 0.15) is 28.4 Å². The van der Waals surface area contributed by atoms with Crippen LogP contribution in [0.4, 0.5) is 8.78 Å². The van der Waals surface area contributed by atoms with Crippen LogP contribution >= 0.6 is 15.9 Å². The first-order valence-electron chi connectivity index (χ1n) is 5.03. The number of hydrogen-bond donors (Lipinski definition) is 3. The maximum Gasteiger partial charge on any atom is 0.341 e. The minimum Gasteiger partial charge on any atom is -0.477 e. The van der Waals surface area contributed by atoms with Gasteiger partial charge in [-0.2, -0.15) is 0 Å². The molecule has 0 saturated carbocycles. The molecule has 7 heteroatoms. The van der Waals surface area contributed by atoms with Gasteiger partial charge >= 0.3 is 5.97 Å². The molecule has 4 nitrogen and oxygen atoms in total. The summed E-state index contributed by atoms with van der Waals surface area (Å²) in [4.78, 5) is 10.7. The van der Waals surface area contributed by atoms with Gasteiger partial charge in [0.05, 0.1) is 6.10 Å². The van der Waals surface area contributed by atoms with Gasteiger partial charge < -0.3 is 15.3 Å². The highest BCUT2D eigenvalue weighted by Gasteiger charge is 2.26. The number of halogens is 3. The number of benzene rings is 1. The number of aliphatic hydroxyl groups excluding tert-OH is 2. The quantitative estimate of drug-likeness (QED) is 0.722. The lowest BCUT2D eigenvalue weighted by molar-refractivity contribution is 0.0150. The average molecular weight is 325 g/mol. The lowest BCUT2D eigenvalue weighted by Crippen LogP contribution is -2.21. The lowest BCUT2D eigenvalue weighted by Gasteiger charge is -2.18. The highest BCUT2D eigenvalue weighted by Crippen LogP contribution is 2.26. The van der Waals surface area contributed by atoms with E-state index in [1.165, 1.54) is 0 Å². The Morgan fingerprint density at radius 2 is 1.94 bits per heavy atom. The van der Waals surface area contributed by atoms with E-state index in [1.807, 2.05) is 0 Å². The summed E-state index contributed by atoms with van der Waals surface area (Å²) in [5, 5.41) is 28.2. The highest BCUT2D eigenvalue weighted by molar-refractivity contribution is 9.09. The van der Waals surface area contributed by atoms with E-state index in [1.54, 1.807) is 0 Å². The second-order valence-electron chi connectivity index (χ2n) is 3.62. The van der Waals surface area contributed by atoms with E-state index in [2.05, 4.69) is 15.9 Å². The van der Waals surface area contributed by atoms with Gasteiger partial charge in [0.15, 0.2) is 0 Å². The van der Waals surface area contributed by atoms with E-state index in [9.17, 15) is 23.8 Å². The number of rotatable bonds is 5. The summed E-state index contributed by atoms with van der Waals surface area (Å²) in [5.74, 6) is -4.37. The minimum absolute atomic E-state index is 0.139. The molecule has 0 amide bonds. The van der Waals surface area contributed by atoms with Crippen molar-refractivity contribution in [2.24, 2.45) is 0 Å². The largest absolute Gasteiger partial charge is 0.477 e. The van der Waals surface area contributed by atoms with Gasteiger partial charge in [-0.3, -0.25) is 0 Å². The van der Waals surface area contributed by atoms with E-state index in [0.717, 1.165) is 12.1 Å². The maximum atomic E-state index is 13.7. The number of aliphatic hydroxyl groups is 2. The van der Waals surface area contributed by atoms with Crippen molar-refractivity contribution in [3.8, 4) is 0 Å². The third kappa shape index (κ3) is 3.04. The van der Waals surface area contributed by atoms with Crippen molar-refractivity contribution in [3.63, 3.8) is 0 Å². The van der Waals surface area contributed by atoms with Crippen LogP contribution in [-0.4, -0.2) is 32.7 Å². The van der Waals surface area contributed by atoms with E-state index in [-0.39, 0.29) is 6.42 Å². The topological polar surface area (TPSA) is 77.8 Å². The normalized spacial score (nSPS) is 14.3. The monoisotopic (exact) mass is 324 g/mol. The molecule has 18 heavy (non-hydrogen) atoms. The molecule has 0 spiro atoms. The average Bonchev–Trinajstić information content (AvgIpc) is 2.28. The first-order valence-corrected chi connectivity index (χ1v) is 6.15. The van der Waals surface area contributed by atoms with Gasteiger partial charge in [0.1, 0.15) is 23.3 Å². The zero-order valence-corrected chi connectivity index (χ0v) is 10.7. The summed E-state index contributed by atoms with van der Waals surface area (Å²) in [5.41, 5.74) is -1.58. The highest BCUT2D eigenvalue weighted by atomic mass is 79.9. The molecule has 1 aromatic carbocycles. The molecule has 1 rings (SSSR count). The third-order valence-corrected chi connectivity index (χ3v) is 2.88. The lowest BCUT2D eigenvalue weighted by atomic mass is 9.99. The summed E-state index contributed by atoms with van der Waals surface area (Å²) in [6.45, 7) is 0. The number of carboxylic acids is 1. The van der Waals surface area contributed by atoms with Crippen LogP contribution in [0.15, 0.2) is 12.1 Å². The summed E-state index contributed by atoms with van der Waals surface area (Å²) in [7, 11) is 0. The molecular formula is C11H11BrF2O4. The molecule has 100 valence electrons. The first-order chi connectivity index (χ1) is 8.40. The summed E-state index contributed by atoms with van der Waals surface area (Å²) in [6, 6.07) is 1.66. The Morgan fingerprint density at radius 1 is 1.33 bits per heavy atom. The second kappa shape index (κ2) is 6.21. The van der Waals surface area contributed by atoms with E-state index < -0.39 is 40.9 Å². The van der Waals surface area contributed by atoms with E-state index >= 15 is 0 Å². The molecule has 0 bridgehead atoms. The van der Waals surface area contributed by atoms with Crippen molar-refractivity contribution < 1.29 is 28.9 Å². The van der Waals surface area contributed by atoms with Gasteiger partial charge in [-0.1, -0.05) is 22.0 Å². The standard InChI is InChI=1S/C11H11BrF2O4/c12-4-3-7(15)10(16)5-1-2-6(13)8(9(5)14)11(17)18/h1-2,7,10,15-16H,3-4H2,(H,17,18). The predicted octanol–water partition coefficient (Wildman–Crippen LogP) is 1.84. The number of carbonyl (C=O) groups is 1. The van der Waals surface area contributed by atoms with Crippen LogP contribution < -0.4 is 0 Å². The molecule has 0 aromatic heterocycles. The van der Waals surface area contributed by atoms with Crippen molar-refractivity contribution in [2.75, 3.05) is 5.33 Å².